The molecule has 1 saturated heterocycles. The predicted molar refractivity (Wildman–Crippen MR) is 130 cm³/mol. The number of benzene rings is 2. The van der Waals surface area contributed by atoms with Crippen molar-refractivity contribution >= 4 is 16.9 Å². The van der Waals surface area contributed by atoms with Crippen molar-refractivity contribution in [1.29, 1.82) is 0 Å². The Morgan fingerprint density at radius 2 is 1.79 bits per heavy atom. The van der Waals surface area contributed by atoms with E-state index in [-0.39, 0.29) is 17.1 Å². The molecule has 1 atom stereocenters. The van der Waals surface area contributed by atoms with Gasteiger partial charge in [0.05, 0.1) is 37.3 Å². The molecular formula is C27H30N2O5. The summed E-state index contributed by atoms with van der Waals surface area (Å²) in [6.45, 7) is 6.76. The maximum atomic E-state index is 13.7. The lowest BCUT2D eigenvalue weighted by Gasteiger charge is -2.29. The molecule has 0 saturated carbocycles. The van der Waals surface area contributed by atoms with Gasteiger partial charge in [0.15, 0.2) is 5.43 Å². The quantitative estimate of drug-likeness (QED) is 0.534. The highest BCUT2D eigenvalue weighted by Crippen LogP contribution is 2.38. The van der Waals surface area contributed by atoms with Crippen LogP contribution >= 0.6 is 0 Å². The summed E-state index contributed by atoms with van der Waals surface area (Å²) < 4.78 is 16.8. The summed E-state index contributed by atoms with van der Waals surface area (Å²) in [6.07, 6.45) is 1.63. The Kier molecular flexibility index (Phi) is 6.39. The van der Waals surface area contributed by atoms with Crippen LogP contribution in [-0.4, -0.2) is 62.2 Å². The molecule has 1 fully saturated rings. The van der Waals surface area contributed by atoms with Crippen molar-refractivity contribution in [3.63, 3.8) is 0 Å². The Labute approximate surface area is 198 Å². The average Bonchev–Trinajstić information content (AvgIpc) is 3.16. The molecule has 7 nitrogen and oxygen atoms in total. The number of hydrogen-bond acceptors (Lipinski definition) is 6. The van der Waals surface area contributed by atoms with E-state index in [1.54, 1.807) is 18.1 Å². The number of rotatable bonds is 7. The van der Waals surface area contributed by atoms with Crippen LogP contribution in [0.2, 0.25) is 0 Å². The average molecular weight is 463 g/mol. The van der Waals surface area contributed by atoms with Crippen LogP contribution in [0.15, 0.2) is 51.7 Å². The van der Waals surface area contributed by atoms with Crippen LogP contribution in [0.4, 0.5) is 0 Å². The summed E-state index contributed by atoms with van der Waals surface area (Å²) in [7, 11) is 1.62. The first-order chi connectivity index (χ1) is 16.6. The van der Waals surface area contributed by atoms with E-state index in [2.05, 4.69) is 11.8 Å². The zero-order valence-electron chi connectivity index (χ0n) is 19.7. The summed E-state index contributed by atoms with van der Waals surface area (Å²) in [5, 5.41) is 0.527. The Balaban J connectivity index is 1.54. The summed E-state index contributed by atoms with van der Waals surface area (Å²) in [5.74, 6) is 0.663. The Bertz CT molecular complexity index is 1240. The number of fused-ring (bicyclic) bond motifs is 2. The van der Waals surface area contributed by atoms with E-state index in [0.29, 0.717) is 23.1 Å². The molecule has 0 radical (unpaired) electrons. The van der Waals surface area contributed by atoms with Crippen LogP contribution in [-0.2, 0) is 11.2 Å². The van der Waals surface area contributed by atoms with Gasteiger partial charge in [-0.15, -0.1) is 0 Å². The highest BCUT2D eigenvalue weighted by molar-refractivity contribution is 5.99. The van der Waals surface area contributed by atoms with Crippen molar-refractivity contribution in [2.75, 3.05) is 46.5 Å². The molecule has 3 aromatic rings. The Hall–Kier alpha value is -3.16. The van der Waals surface area contributed by atoms with Crippen molar-refractivity contribution in [3.8, 4) is 5.75 Å². The number of carbonyl (C=O) groups is 1. The first kappa shape index (κ1) is 22.6. The molecule has 0 N–H and O–H groups in total. The molecule has 0 spiro atoms. The van der Waals surface area contributed by atoms with Crippen LogP contribution < -0.4 is 10.2 Å². The molecule has 3 heterocycles. The molecule has 1 amide bonds. The summed E-state index contributed by atoms with van der Waals surface area (Å²) in [4.78, 5) is 31.4. The minimum absolute atomic E-state index is 0.128. The number of methoxy groups -OCH3 is 1. The molecule has 5 rings (SSSR count). The van der Waals surface area contributed by atoms with E-state index in [9.17, 15) is 9.59 Å². The van der Waals surface area contributed by atoms with Gasteiger partial charge in [0.1, 0.15) is 11.3 Å². The minimum Gasteiger partial charge on any atom is -0.497 e. The summed E-state index contributed by atoms with van der Waals surface area (Å²) in [6, 6.07) is 12.7. The van der Waals surface area contributed by atoms with Crippen LogP contribution in [0.1, 0.15) is 46.6 Å². The van der Waals surface area contributed by atoms with Gasteiger partial charge in [-0.2, -0.15) is 0 Å². The van der Waals surface area contributed by atoms with E-state index in [1.807, 2.05) is 36.4 Å². The topological polar surface area (TPSA) is 72.2 Å². The van der Waals surface area contributed by atoms with Crippen LogP contribution in [0.3, 0.4) is 0 Å². The lowest BCUT2D eigenvalue weighted by Crippen LogP contribution is -2.38. The van der Waals surface area contributed by atoms with Gasteiger partial charge >= 0.3 is 0 Å². The van der Waals surface area contributed by atoms with Gasteiger partial charge in [-0.05, 0) is 48.2 Å². The molecule has 34 heavy (non-hydrogen) atoms. The molecule has 2 aromatic carbocycles. The number of morpholine rings is 1. The monoisotopic (exact) mass is 462 g/mol. The number of aryl methyl sites for hydroxylation is 1. The number of ether oxygens (including phenoxy) is 2. The zero-order valence-corrected chi connectivity index (χ0v) is 19.7. The van der Waals surface area contributed by atoms with Crippen molar-refractivity contribution in [1.82, 2.24) is 9.80 Å². The number of amides is 1. The summed E-state index contributed by atoms with van der Waals surface area (Å²) >= 11 is 0. The van der Waals surface area contributed by atoms with Gasteiger partial charge in [-0.3, -0.25) is 14.5 Å². The van der Waals surface area contributed by atoms with E-state index in [0.717, 1.165) is 62.6 Å². The third kappa shape index (κ3) is 4.10. The van der Waals surface area contributed by atoms with Crippen LogP contribution in [0, 0.1) is 0 Å². The summed E-state index contributed by atoms with van der Waals surface area (Å²) in [5.41, 5.74) is 2.70. The predicted octanol–water partition coefficient (Wildman–Crippen LogP) is 3.63. The number of hydrogen-bond donors (Lipinski definition) is 0. The maximum Gasteiger partial charge on any atom is 0.290 e. The molecule has 2 aliphatic heterocycles. The second-order valence-corrected chi connectivity index (χ2v) is 8.84. The van der Waals surface area contributed by atoms with E-state index >= 15 is 0 Å². The zero-order chi connectivity index (χ0) is 23.7. The standard InChI is InChI=1S/C27H30N2O5/c1-3-18-5-10-22-21(17-18)25(30)23-24(19-6-8-20(32-2)9-7-19)29(27(31)26(23)34-22)12-4-11-28-13-15-33-16-14-28/h5-10,17,24H,3-4,11-16H2,1-2H3. The number of nitrogens with zero attached hydrogens (tertiary/aromatic N) is 2. The second kappa shape index (κ2) is 9.60. The SMILES string of the molecule is CCc1ccc2oc3c(c(=O)c2c1)C(c1ccc(OC)cc1)N(CCCN1CCOCC1)C3=O. The lowest BCUT2D eigenvalue weighted by atomic mass is 9.97. The van der Waals surface area contributed by atoms with Gasteiger partial charge in [-0.25, -0.2) is 0 Å². The first-order valence-electron chi connectivity index (χ1n) is 12.0. The van der Waals surface area contributed by atoms with Crippen molar-refractivity contribution in [2.24, 2.45) is 0 Å². The third-order valence-electron chi connectivity index (χ3n) is 6.85. The first-order valence-corrected chi connectivity index (χ1v) is 12.0. The van der Waals surface area contributed by atoms with E-state index in [1.165, 1.54) is 0 Å². The smallest absolute Gasteiger partial charge is 0.290 e. The van der Waals surface area contributed by atoms with Gasteiger partial charge in [0, 0.05) is 26.2 Å². The van der Waals surface area contributed by atoms with Crippen LogP contribution in [0.25, 0.3) is 11.0 Å². The largest absolute Gasteiger partial charge is 0.497 e. The second-order valence-electron chi connectivity index (χ2n) is 8.84. The highest BCUT2D eigenvalue weighted by atomic mass is 16.5. The number of carbonyl (C=O) groups excluding carboxylic acids is 1. The highest BCUT2D eigenvalue weighted by Gasteiger charge is 2.42. The Morgan fingerprint density at radius 1 is 1.03 bits per heavy atom. The normalized spacial score (nSPS) is 18.5. The molecule has 178 valence electrons. The molecule has 0 bridgehead atoms. The fourth-order valence-corrected chi connectivity index (χ4v) is 4.94. The molecule has 0 aliphatic carbocycles. The van der Waals surface area contributed by atoms with Gasteiger partial charge in [0.25, 0.3) is 5.91 Å². The van der Waals surface area contributed by atoms with Gasteiger partial charge in [-0.1, -0.05) is 25.1 Å². The van der Waals surface area contributed by atoms with Gasteiger partial charge in [0.2, 0.25) is 5.76 Å². The minimum atomic E-state index is -0.482. The maximum absolute atomic E-state index is 13.7. The Morgan fingerprint density at radius 3 is 2.50 bits per heavy atom. The molecule has 1 aromatic heterocycles. The van der Waals surface area contributed by atoms with E-state index < -0.39 is 6.04 Å². The molecule has 7 heteroatoms. The lowest BCUT2D eigenvalue weighted by molar-refractivity contribution is 0.0353. The van der Waals surface area contributed by atoms with Crippen molar-refractivity contribution in [3.05, 3.63) is 75.1 Å². The van der Waals surface area contributed by atoms with Crippen LogP contribution in [0.5, 0.6) is 5.75 Å². The fourth-order valence-electron chi connectivity index (χ4n) is 4.94. The van der Waals surface area contributed by atoms with Gasteiger partial charge < -0.3 is 18.8 Å². The molecule has 2 aliphatic rings. The molecule has 1 unspecified atom stereocenters. The van der Waals surface area contributed by atoms with E-state index in [4.69, 9.17) is 13.9 Å². The van der Waals surface area contributed by atoms with Crippen molar-refractivity contribution < 1.29 is 18.7 Å². The third-order valence-corrected chi connectivity index (χ3v) is 6.85. The fraction of sp³-hybridized carbons (Fsp3) is 0.407. The molecular weight excluding hydrogens is 432 g/mol. The van der Waals surface area contributed by atoms with Crippen molar-refractivity contribution in [2.45, 2.75) is 25.8 Å².